The Hall–Kier alpha value is -3.13. The number of anilines is 1. The molecule has 7 nitrogen and oxygen atoms in total. The van der Waals surface area contributed by atoms with Crippen molar-refractivity contribution in [2.24, 2.45) is 5.41 Å². The molecule has 1 aromatic carbocycles. The third kappa shape index (κ3) is 3.48. The number of nitrogens with one attached hydrogen (secondary N) is 1. The lowest BCUT2D eigenvalue weighted by atomic mass is 9.77. The topological polar surface area (TPSA) is 78.5 Å². The molecule has 32 heavy (non-hydrogen) atoms. The molecule has 0 aliphatic carbocycles. The van der Waals surface area contributed by atoms with Gasteiger partial charge in [-0.15, -0.1) is 11.3 Å². The first-order chi connectivity index (χ1) is 15.5. The maximum absolute atomic E-state index is 13.5. The molecule has 166 valence electrons. The number of aromatic nitrogens is 2. The van der Waals surface area contributed by atoms with Crippen LogP contribution in [0.25, 0.3) is 11.1 Å². The van der Waals surface area contributed by atoms with Crippen molar-refractivity contribution in [2.75, 3.05) is 31.6 Å². The average Bonchev–Trinajstić information content (AvgIpc) is 3.56. The molecule has 0 unspecified atom stereocenters. The predicted molar refractivity (Wildman–Crippen MR) is 124 cm³/mol. The second kappa shape index (κ2) is 8.09. The van der Waals surface area contributed by atoms with Crippen LogP contribution in [0.4, 0.5) is 5.69 Å². The van der Waals surface area contributed by atoms with Gasteiger partial charge in [-0.1, -0.05) is 0 Å². The molecule has 2 saturated heterocycles. The number of hydrogen-bond donors (Lipinski definition) is 1. The van der Waals surface area contributed by atoms with Crippen LogP contribution in [0, 0.1) is 12.3 Å². The number of carbonyl (C=O) groups is 2. The number of piperidine rings is 1. The van der Waals surface area contributed by atoms with Crippen molar-refractivity contribution in [2.45, 2.75) is 26.2 Å². The van der Waals surface area contributed by atoms with Crippen molar-refractivity contribution < 1.29 is 14.3 Å². The highest BCUT2D eigenvalue weighted by Crippen LogP contribution is 2.44. The van der Waals surface area contributed by atoms with Gasteiger partial charge >= 0.3 is 0 Å². The SMILES string of the molecule is COc1cc(N2CCC3(CCN(C(=O)c4cc(C)cs4)CC3)C2=O)ccc1-c1cn[nH]c1. The average molecular weight is 451 g/mol. The molecule has 3 aromatic rings. The summed E-state index contributed by atoms with van der Waals surface area (Å²) in [7, 11) is 1.64. The van der Waals surface area contributed by atoms with E-state index < -0.39 is 0 Å². The highest BCUT2D eigenvalue weighted by molar-refractivity contribution is 7.12. The van der Waals surface area contributed by atoms with Gasteiger partial charge in [0.25, 0.3) is 5.91 Å². The van der Waals surface area contributed by atoms with Crippen LogP contribution >= 0.6 is 11.3 Å². The Morgan fingerprint density at radius 1 is 1.19 bits per heavy atom. The minimum absolute atomic E-state index is 0.0832. The van der Waals surface area contributed by atoms with Gasteiger partial charge in [-0.2, -0.15) is 5.10 Å². The summed E-state index contributed by atoms with van der Waals surface area (Å²) in [4.78, 5) is 30.9. The Kier molecular flexibility index (Phi) is 5.25. The molecule has 0 atom stereocenters. The lowest BCUT2D eigenvalue weighted by Gasteiger charge is -2.37. The fourth-order valence-electron chi connectivity index (χ4n) is 4.85. The summed E-state index contributed by atoms with van der Waals surface area (Å²) in [6.45, 7) is 3.93. The molecule has 4 heterocycles. The standard InChI is InChI=1S/C24H26N4O3S/c1-16-11-21(32-15-16)22(29)27-8-5-24(6-9-27)7-10-28(23(24)30)18-3-4-19(20(12-18)31-2)17-13-25-26-14-17/h3-4,11-15H,5-10H2,1-2H3,(H,25,26). The van der Waals surface area contributed by atoms with Crippen molar-refractivity contribution in [3.63, 3.8) is 0 Å². The van der Waals surface area contributed by atoms with Crippen LogP contribution in [0.5, 0.6) is 5.75 Å². The van der Waals surface area contributed by atoms with E-state index in [1.54, 1.807) is 13.3 Å². The van der Waals surface area contributed by atoms with E-state index in [1.807, 2.05) is 52.6 Å². The molecule has 2 aliphatic rings. The van der Waals surface area contributed by atoms with Crippen molar-refractivity contribution >= 4 is 28.8 Å². The number of amides is 2. The summed E-state index contributed by atoms with van der Waals surface area (Å²) in [5.74, 6) is 0.957. The Balaban J connectivity index is 1.31. The Bertz CT molecular complexity index is 1150. The maximum Gasteiger partial charge on any atom is 0.263 e. The monoisotopic (exact) mass is 450 g/mol. The fourth-order valence-corrected chi connectivity index (χ4v) is 5.72. The van der Waals surface area contributed by atoms with Crippen molar-refractivity contribution in [1.82, 2.24) is 15.1 Å². The highest BCUT2D eigenvalue weighted by Gasteiger charge is 2.49. The molecule has 2 aliphatic heterocycles. The van der Waals surface area contributed by atoms with E-state index in [2.05, 4.69) is 10.2 Å². The van der Waals surface area contributed by atoms with E-state index in [4.69, 9.17) is 4.74 Å². The lowest BCUT2D eigenvalue weighted by molar-refractivity contribution is -0.127. The smallest absolute Gasteiger partial charge is 0.263 e. The lowest BCUT2D eigenvalue weighted by Crippen LogP contribution is -2.46. The van der Waals surface area contributed by atoms with E-state index in [1.165, 1.54) is 11.3 Å². The van der Waals surface area contributed by atoms with Crippen LogP contribution in [-0.2, 0) is 4.79 Å². The third-order valence-corrected chi connectivity index (χ3v) is 7.80. The molecule has 0 saturated carbocycles. The van der Waals surface area contributed by atoms with E-state index in [9.17, 15) is 9.59 Å². The third-order valence-electron chi connectivity index (χ3n) is 6.77. The summed E-state index contributed by atoms with van der Waals surface area (Å²) in [6, 6.07) is 7.82. The zero-order valence-corrected chi connectivity index (χ0v) is 19.1. The molecule has 0 radical (unpaired) electrons. The van der Waals surface area contributed by atoms with Gasteiger partial charge in [-0.25, -0.2) is 0 Å². The van der Waals surface area contributed by atoms with Gasteiger partial charge in [0.15, 0.2) is 0 Å². The summed E-state index contributed by atoms with van der Waals surface area (Å²) in [5.41, 5.74) is 3.46. The van der Waals surface area contributed by atoms with Crippen LogP contribution in [0.3, 0.4) is 0 Å². The molecule has 2 aromatic heterocycles. The molecule has 5 rings (SSSR count). The molecular formula is C24H26N4O3S. The van der Waals surface area contributed by atoms with Crippen molar-refractivity contribution in [3.05, 3.63) is 52.5 Å². The van der Waals surface area contributed by atoms with E-state index in [0.717, 1.165) is 33.7 Å². The number of rotatable bonds is 4. The number of aryl methyl sites for hydroxylation is 1. The number of likely N-dealkylation sites (tertiary alicyclic amines) is 1. The number of ether oxygens (including phenoxy) is 1. The molecular weight excluding hydrogens is 424 g/mol. The number of aromatic amines is 1. The first-order valence-corrected chi connectivity index (χ1v) is 11.7. The van der Waals surface area contributed by atoms with Crippen LogP contribution in [0.1, 0.15) is 34.5 Å². The van der Waals surface area contributed by atoms with E-state index in [-0.39, 0.29) is 17.2 Å². The number of carbonyl (C=O) groups excluding carboxylic acids is 2. The minimum Gasteiger partial charge on any atom is -0.496 e. The molecule has 1 N–H and O–H groups in total. The first-order valence-electron chi connectivity index (χ1n) is 10.8. The predicted octanol–water partition coefficient (Wildman–Crippen LogP) is 4.11. The van der Waals surface area contributed by atoms with E-state index in [0.29, 0.717) is 38.2 Å². The summed E-state index contributed by atoms with van der Waals surface area (Å²) < 4.78 is 5.60. The number of methoxy groups -OCH3 is 1. The summed E-state index contributed by atoms with van der Waals surface area (Å²) >= 11 is 1.49. The van der Waals surface area contributed by atoms with Gasteiger partial charge in [0.1, 0.15) is 5.75 Å². The summed E-state index contributed by atoms with van der Waals surface area (Å²) in [5, 5.41) is 8.83. The number of thiophene rings is 1. The van der Waals surface area contributed by atoms with Crippen LogP contribution in [-0.4, -0.2) is 53.7 Å². The highest BCUT2D eigenvalue weighted by atomic mass is 32.1. The Morgan fingerprint density at radius 2 is 1.97 bits per heavy atom. The molecule has 2 amide bonds. The van der Waals surface area contributed by atoms with Crippen LogP contribution in [0.2, 0.25) is 0 Å². The Labute approximate surface area is 191 Å². The zero-order chi connectivity index (χ0) is 22.3. The van der Waals surface area contributed by atoms with Gasteiger partial charge in [0, 0.05) is 48.7 Å². The van der Waals surface area contributed by atoms with Crippen LogP contribution < -0.4 is 9.64 Å². The molecule has 1 spiro atoms. The molecule has 2 fully saturated rings. The second-order valence-electron chi connectivity index (χ2n) is 8.64. The fraction of sp³-hybridized carbons (Fsp3) is 0.375. The molecule has 8 heteroatoms. The van der Waals surface area contributed by atoms with Gasteiger partial charge in [0.2, 0.25) is 5.91 Å². The quantitative estimate of drug-likeness (QED) is 0.649. The number of hydrogen-bond acceptors (Lipinski definition) is 5. The zero-order valence-electron chi connectivity index (χ0n) is 18.3. The minimum atomic E-state index is -0.376. The van der Waals surface area contributed by atoms with E-state index >= 15 is 0 Å². The number of benzene rings is 1. The molecule has 0 bridgehead atoms. The second-order valence-corrected chi connectivity index (χ2v) is 9.55. The summed E-state index contributed by atoms with van der Waals surface area (Å²) in [6.07, 6.45) is 5.81. The van der Waals surface area contributed by atoms with Crippen molar-refractivity contribution in [1.29, 1.82) is 0 Å². The van der Waals surface area contributed by atoms with Crippen molar-refractivity contribution in [3.8, 4) is 16.9 Å². The van der Waals surface area contributed by atoms with Gasteiger partial charge in [-0.3, -0.25) is 14.7 Å². The number of H-pyrrole nitrogens is 1. The van der Waals surface area contributed by atoms with Gasteiger partial charge in [-0.05, 0) is 55.3 Å². The van der Waals surface area contributed by atoms with Gasteiger partial charge in [0.05, 0.1) is 23.6 Å². The normalized spacial score (nSPS) is 17.9. The first kappa shape index (κ1) is 20.8. The number of nitrogens with zero attached hydrogens (tertiary/aromatic N) is 3. The maximum atomic E-state index is 13.5. The Morgan fingerprint density at radius 3 is 2.62 bits per heavy atom. The van der Waals surface area contributed by atoms with Gasteiger partial charge < -0.3 is 14.5 Å². The largest absolute Gasteiger partial charge is 0.496 e. The van der Waals surface area contributed by atoms with Crippen LogP contribution in [0.15, 0.2) is 42.0 Å².